The van der Waals surface area contributed by atoms with Gasteiger partial charge < -0.3 is 20.1 Å². The van der Waals surface area contributed by atoms with Crippen LogP contribution in [0.25, 0.3) is 11.0 Å². The number of rotatable bonds is 9. The highest BCUT2D eigenvalue weighted by Gasteiger charge is 2.25. The van der Waals surface area contributed by atoms with Crippen molar-refractivity contribution in [1.29, 1.82) is 0 Å². The first-order valence-corrected chi connectivity index (χ1v) is 15.6. The first kappa shape index (κ1) is 28.8. The van der Waals surface area contributed by atoms with Crippen LogP contribution in [0.1, 0.15) is 63.3 Å². The second-order valence-corrected chi connectivity index (χ2v) is 13.5. The Morgan fingerprint density at radius 2 is 1.73 bits per heavy atom. The molecule has 1 aliphatic rings. The quantitative estimate of drug-likeness (QED) is 0.209. The van der Waals surface area contributed by atoms with E-state index in [4.69, 9.17) is 14.5 Å². The number of ether oxygens (including phenoxy) is 2. The van der Waals surface area contributed by atoms with E-state index in [1.807, 2.05) is 20.8 Å². The summed E-state index contributed by atoms with van der Waals surface area (Å²) in [6.07, 6.45) is 1.93. The van der Waals surface area contributed by atoms with E-state index in [1.165, 1.54) is 5.56 Å². The molecule has 2 aromatic heterocycles. The van der Waals surface area contributed by atoms with Gasteiger partial charge in [0.25, 0.3) is 0 Å². The maximum atomic E-state index is 13.1. The summed E-state index contributed by atoms with van der Waals surface area (Å²) in [7, 11) is -3.54. The number of hydrogen-bond acceptors (Lipinski definition) is 9. The summed E-state index contributed by atoms with van der Waals surface area (Å²) in [6, 6.07) is 11.0. The van der Waals surface area contributed by atoms with Crippen molar-refractivity contribution in [3.63, 3.8) is 0 Å². The molecule has 1 aliphatic heterocycles. The van der Waals surface area contributed by atoms with Gasteiger partial charge in [-0.3, -0.25) is 5.10 Å². The molecule has 10 nitrogen and oxygen atoms in total. The van der Waals surface area contributed by atoms with E-state index in [-0.39, 0.29) is 11.0 Å². The number of H-pyrrole nitrogens is 1. The van der Waals surface area contributed by atoms with E-state index in [9.17, 15) is 8.42 Å². The fraction of sp³-hybridized carbons (Fsp3) is 0.433. The maximum absolute atomic E-state index is 13.1. The fourth-order valence-corrected chi connectivity index (χ4v) is 6.34. The van der Waals surface area contributed by atoms with Crippen molar-refractivity contribution in [1.82, 2.24) is 20.2 Å². The number of aromatic nitrogens is 4. The second kappa shape index (κ2) is 11.7. The van der Waals surface area contributed by atoms with Gasteiger partial charge in [0.15, 0.2) is 15.5 Å². The zero-order valence-electron chi connectivity index (χ0n) is 24.4. The van der Waals surface area contributed by atoms with Crippen molar-refractivity contribution in [2.75, 3.05) is 23.8 Å². The Bertz CT molecular complexity index is 1660. The van der Waals surface area contributed by atoms with Crippen molar-refractivity contribution in [3.05, 3.63) is 53.2 Å². The topological polar surface area (TPSA) is 131 Å². The second-order valence-electron chi connectivity index (χ2n) is 11.0. The minimum atomic E-state index is -3.54. The van der Waals surface area contributed by atoms with E-state index in [2.05, 4.69) is 44.9 Å². The van der Waals surface area contributed by atoms with Crippen LogP contribution >= 0.6 is 0 Å². The molecule has 0 unspecified atom stereocenters. The Hall–Kier alpha value is -3.70. The molecule has 0 spiro atoms. The molecule has 5 rings (SSSR count). The Morgan fingerprint density at radius 3 is 2.44 bits per heavy atom. The molecule has 0 radical (unpaired) electrons. The first-order chi connectivity index (χ1) is 19.5. The summed E-state index contributed by atoms with van der Waals surface area (Å²) in [5.41, 5.74) is 4.81. The van der Waals surface area contributed by atoms with Crippen LogP contribution in [0, 0.1) is 13.8 Å². The molecule has 0 amide bonds. The third-order valence-electron chi connectivity index (χ3n) is 7.30. The van der Waals surface area contributed by atoms with Gasteiger partial charge in [0.2, 0.25) is 5.95 Å². The molecule has 0 atom stereocenters. The molecule has 1 fully saturated rings. The molecule has 3 N–H and O–H groups in total. The van der Waals surface area contributed by atoms with Crippen LogP contribution in [0.15, 0.2) is 41.3 Å². The van der Waals surface area contributed by atoms with Crippen LogP contribution in [-0.2, 0) is 14.6 Å². The molecule has 0 bridgehead atoms. The van der Waals surface area contributed by atoms with Crippen molar-refractivity contribution >= 4 is 44.0 Å². The van der Waals surface area contributed by atoms with Gasteiger partial charge >= 0.3 is 0 Å². The number of fused-ring (bicyclic) bond motifs is 1. The third kappa shape index (κ3) is 6.01. The van der Waals surface area contributed by atoms with Crippen LogP contribution in [0.3, 0.4) is 0 Å². The Kier molecular flexibility index (Phi) is 8.19. The zero-order chi connectivity index (χ0) is 29.3. The SMILES string of the molecule is Cc1cc(Nc2nc(Nc3ccccc3S(=O)(=O)C(C)C)c3c(C)[nH]nc3n2)c(OC(C)C)cc1C1CCOCC1. The average Bonchev–Trinajstić information content (AvgIpc) is 3.31. The van der Waals surface area contributed by atoms with Gasteiger partial charge in [0.1, 0.15) is 11.6 Å². The molecule has 0 saturated carbocycles. The first-order valence-electron chi connectivity index (χ1n) is 14.0. The number of nitrogens with one attached hydrogen (secondary N) is 3. The fourth-order valence-electron chi connectivity index (χ4n) is 5.14. The van der Waals surface area contributed by atoms with Gasteiger partial charge in [-0.15, -0.1) is 0 Å². The van der Waals surface area contributed by atoms with Gasteiger partial charge in [0.05, 0.1) is 33.0 Å². The molecule has 218 valence electrons. The van der Waals surface area contributed by atoms with Crippen molar-refractivity contribution in [2.24, 2.45) is 0 Å². The number of benzene rings is 2. The average molecular weight is 579 g/mol. The van der Waals surface area contributed by atoms with E-state index >= 15 is 0 Å². The number of para-hydroxylation sites is 1. The number of sulfone groups is 1. The number of hydrogen-bond donors (Lipinski definition) is 3. The van der Waals surface area contributed by atoms with E-state index in [0.29, 0.717) is 34.4 Å². The lowest BCUT2D eigenvalue weighted by molar-refractivity contribution is 0.0851. The summed E-state index contributed by atoms with van der Waals surface area (Å²) in [5, 5.41) is 14.1. The van der Waals surface area contributed by atoms with Crippen molar-refractivity contribution < 1.29 is 17.9 Å². The van der Waals surface area contributed by atoms with Crippen molar-refractivity contribution in [2.45, 2.75) is 76.6 Å². The Labute approximate surface area is 241 Å². The molecular weight excluding hydrogens is 540 g/mol. The van der Waals surface area contributed by atoms with E-state index < -0.39 is 15.1 Å². The predicted octanol–water partition coefficient (Wildman–Crippen LogP) is 6.32. The molecule has 11 heteroatoms. The monoisotopic (exact) mass is 578 g/mol. The summed E-state index contributed by atoms with van der Waals surface area (Å²) >= 11 is 0. The molecule has 4 aromatic rings. The van der Waals surface area contributed by atoms with Gasteiger partial charge in [-0.2, -0.15) is 15.1 Å². The van der Waals surface area contributed by atoms with Gasteiger partial charge in [-0.25, -0.2) is 8.42 Å². The minimum Gasteiger partial charge on any atom is -0.489 e. The molecule has 2 aromatic carbocycles. The molecule has 1 saturated heterocycles. The highest BCUT2D eigenvalue weighted by Crippen LogP contribution is 2.38. The van der Waals surface area contributed by atoms with Crippen molar-refractivity contribution in [3.8, 4) is 5.75 Å². The normalized spacial score (nSPS) is 14.6. The largest absolute Gasteiger partial charge is 0.489 e. The van der Waals surface area contributed by atoms with E-state index in [1.54, 1.807) is 38.1 Å². The van der Waals surface area contributed by atoms with Gasteiger partial charge in [0, 0.05) is 18.9 Å². The van der Waals surface area contributed by atoms with E-state index in [0.717, 1.165) is 48.7 Å². The molecular formula is C30H38N6O4S. The number of aromatic amines is 1. The zero-order valence-corrected chi connectivity index (χ0v) is 25.2. The van der Waals surface area contributed by atoms with Crippen LogP contribution < -0.4 is 15.4 Å². The van der Waals surface area contributed by atoms with Gasteiger partial charge in [-0.05, 0) is 95.7 Å². The molecule has 41 heavy (non-hydrogen) atoms. The summed E-state index contributed by atoms with van der Waals surface area (Å²) in [4.78, 5) is 9.67. The lowest BCUT2D eigenvalue weighted by atomic mass is 9.88. The minimum absolute atomic E-state index is 0.0326. The number of anilines is 4. The van der Waals surface area contributed by atoms with Gasteiger partial charge in [-0.1, -0.05) is 12.1 Å². The number of aryl methyl sites for hydroxylation is 2. The third-order valence-corrected chi connectivity index (χ3v) is 9.51. The lowest BCUT2D eigenvalue weighted by Crippen LogP contribution is -2.16. The summed E-state index contributed by atoms with van der Waals surface area (Å²) < 4.78 is 38.0. The molecule has 3 heterocycles. The summed E-state index contributed by atoms with van der Waals surface area (Å²) in [5.74, 6) is 1.89. The highest BCUT2D eigenvalue weighted by atomic mass is 32.2. The lowest BCUT2D eigenvalue weighted by Gasteiger charge is -2.26. The van der Waals surface area contributed by atoms with Crippen LogP contribution in [0.4, 0.5) is 23.1 Å². The van der Waals surface area contributed by atoms with Crippen LogP contribution in [0.2, 0.25) is 0 Å². The Balaban J connectivity index is 1.56. The Morgan fingerprint density at radius 1 is 1.00 bits per heavy atom. The van der Waals surface area contributed by atoms with Crippen LogP contribution in [0.5, 0.6) is 5.75 Å². The van der Waals surface area contributed by atoms with Crippen LogP contribution in [-0.4, -0.2) is 53.2 Å². The summed E-state index contributed by atoms with van der Waals surface area (Å²) in [6.45, 7) is 12.8. The highest BCUT2D eigenvalue weighted by molar-refractivity contribution is 7.92. The smallest absolute Gasteiger partial charge is 0.231 e. The standard InChI is InChI=1S/C30H38N6O4S/c1-17(2)40-25-16-22(21-11-13-39-14-12-21)19(5)15-24(25)32-30-33-28(27-20(6)35-36-29(27)34-30)31-23-9-7-8-10-26(23)41(37,38)18(3)4/h7-10,15-18,21H,11-14H2,1-6H3,(H3,31,32,33,34,35,36). The maximum Gasteiger partial charge on any atom is 0.231 e. The molecule has 0 aliphatic carbocycles. The number of nitrogens with zero attached hydrogens (tertiary/aromatic N) is 3. The predicted molar refractivity (Wildman–Crippen MR) is 161 cm³/mol.